The van der Waals surface area contributed by atoms with E-state index in [1.165, 1.54) is 26.8 Å². The van der Waals surface area contributed by atoms with Gasteiger partial charge in [0.05, 0.1) is 29.6 Å². The Labute approximate surface area is 237 Å². The van der Waals surface area contributed by atoms with Crippen molar-refractivity contribution in [2.75, 3.05) is 6.61 Å². The highest BCUT2D eigenvalue weighted by Gasteiger charge is 2.78. The van der Waals surface area contributed by atoms with Crippen LogP contribution in [0.2, 0.25) is 0 Å². The number of esters is 5. The van der Waals surface area contributed by atoms with E-state index in [1.807, 2.05) is 0 Å². The molecule has 0 spiro atoms. The van der Waals surface area contributed by atoms with Gasteiger partial charge in [0.1, 0.15) is 24.4 Å². The van der Waals surface area contributed by atoms with Gasteiger partial charge in [0.25, 0.3) is 0 Å². The Kier molecular flexibility index (Phi) is 8.04. The van der Waals surface area contributed by atoms with Gasteiger partial charge in [0.15, 0.2) is 11.7 Å². The molecule has 2 heterocycles. The molecule has 3 fully saturated rings. The van der Waals surface area contributed by atoms with E-state index in [0.717, 1.165) is 13.8 Å². The van der Waals surface area contributed by atoms with Gasteiger partial charge in [-0.3, -0.25) is 24.0 Å². The van der Waals surface area contributed by atoms with E-state index in [0.29, 0.717) is 0 Å². The van der Waals surface area contributed by atoms with Crippen molar-refractivity contribution in [3.05, 3.63) is 11.6 Å². The molecule has 0 aromatic heterocycles. The first-order valence-corrected chi connectivity index (χ1v) is 13.6. The van der Waals surface area contributed by atoms with Crippen LogP contribution in [0.3, 0.4) is 0 Å². The Morgan fingerprint density at radius 3 is 1.98 bits per heavy atom. The summed E-state index contributed by atoms with van der Waals surface area (Å²) >= 11 is 0. The first kappa shape index (κ1) is 30.9. The van der Waals surface area contributed by atoms with E-state index >= 15 is 0 Å². The van der Waals surface area contributed by atoms with Gasteiger partial charge in [-0.2, -0.15) is 0 Å². The molecule has 13 heteroatoms. The van der Waals surface area contributed by atoms with Gasteiger partial charge >= 0.3 is 29.8 Å². The number of rotatable bonds is 5. The van der Waals surface area contributed by atoms with Crippen molar-refractivity contribution in [3.8, 4) is 0 Å². The molecule has 4 rings (SSSR count). The highest BCUT2D eigenvalue weighted by Crippen LogP contribution is 2.64. The monoisotopic (exact) mass is 582 g/mol. The van der Waals surface area contributed by atoms with Gasteiger partial charge in [0.2, 0.25) is 0 Å². The highest BCUT2D eigenvalue weighted by molar-refractivity contribution is 5.78. The van der Waals surface area contributed by atoms with Crippen molar-refractivity contribution >= 4 is 29.8 Å². The second-order valence-corrected chi connectivity index (χ2v) is 11.8. The minimum atomic E-state index is -2.23. The molecule has 0 amide bonds. The van der Waals surface area contributed by atoms with Crippen LogP contribution in [0.5, 0.6) is 0 Å². The Bertz CT molecular complexity index is 1160. The fraction of sp³-hybridized carbons (Fsp3) is 0.750. The Hall–Kier alpha value is -3.03. The molecular formula is C28H38O13. The molecule has 0 bridgehead atoms. The lowest BCUT2D eigenvalue weighted by Gasteiger charge is -2.55. The van der Waals surface area contributed by atoms with Crippen LogP contribution in [0, 0.1) is 17.3 Å². The van der Waals surface area contributed by atoms with Crippen molar-refractivity contribution in [2.45, 2.75) is 109 Å². The van der Waals surface area contributed by atoms with Gasteiger partial charge in [-0.1, -0.05) is 6.92 Å². The molecule has 41 heavy (non-hydrogen) atoms. The molecule has 0 aromatic rings. The standard InChI is InChI=1S/C28H38O13/c1-12-25(34)40-22-8-17(11-29)18(36-13(2)30)9-19(37-14(3)31)26(6)20(38-15(4)32)10-21-27(7,41-21)23(26)24(28(12,22)35)39-16(5)33/h8,12,18-24,29,35H,9-11H2,1-7H3/b17-8-/t12-,18?,19+,20-,21-,22-,23+,24?,26-,27-,28-/m0/s1. The van der Waals surface area contributed by atoms with E-state index in [1.54, 1.807) is 13.8 Å². The molecule has 2 aliphatic carbocycles. The summed E-state index contributed by atoms with van der Waals surface area (Å²) < 4.78 is 34.8. The molecule has 11 atom stereocenters. The number of carbonyl (C=O) groups is 5. The SMILES string of the molecule is CC(=O)OC1C[C@@H](OC(C)=O)[C@@]2(C)[C@@H](OC(C)=O)C[C@@H]3O[C@]3(C)[C@@H]2C(OC(C)=O)[C@@]2(O)[C@H](/C=C\1CO)OC(=O)[C@@H]2C. The lowest BCUT2D eigenvalue weighted by molar-refractivity contribution is -0.235. The van der Waals surface area contributed by atoms with Gasteiger partial charge in [-0.05, 0) is 25.5 Å². The third-order valence-electron chi connectivity index (χ3n) is 9.19. The van der Waals surface area contributed by atoms with Crippen LogP contribution in [0.1, 0.15) is 61.3 Å². The van der Waals surface area contributed by atoms with Crippen molar-refractivity contribution in [3.63, 3.8) is 0 Å². The van der Waals surface area contributed by atoms with Crippen LogP contribution in [-0.4, -0.2) is 94.5 Å². The fourth-order valence-electron chi connectivity index (χ4n) is 7.20. The predicted molar refractivity (Wildman–Crippen MR) is 135 cm³/mol. The summed E-state index contributed by atoms with van der Waals surface area (Å²) in [6.07, 6.45) is -5.59. The minimum Gasteiger partial charge on any atom is -0.462 e. The third-order valence-corrected chi connectivity index (χ3v) is 9.19. The first-order valence-electron chi connectivity index (χ1n) is 13.6. The molecule has 2 unspecified atom stereocenters. The lowest BCUT2D eigenvalue weighted by Crippen LogP contribution is -2.69. The summed E-state index contributed by atoms with van der Waals surface area (Å²) in [7, 11) is 0. The maximum atomic E-state index is 13.0. The van der Waals surface area contributed by atoms with Crippen LogP contribution in [-0.2, 0) is 52.4 Å². The predicted octanol–water partition coefficient (Wildman–Crippen LogP) is 0.512. The summed E-state index contributed by atoms with van der Waals surface area (Å²) in [6.45, 7) is 8.85. The van der Waals surface area contributed by atoms with Gasteiger partial charge in [-0.15, -0.1) is 0 Å². The number of fused-ring (bicyclic) bond motifs is 4. The molecule has 4 aliphatic rings. The number of hydrogen-bond donors (Lipinski definition) is 2. The number of carbonyl (C=O) groups excluding carboxylic acids is 5. The molecule has 0 aromatic carbocycles. The zero-order valence-electron chi connectivity index (χ0n) is 24.2. The topological polar surface area (TPSA) is 184 Å². The normalized spacial score (nSPS) is 44.4. The molecule has 1 saturated carbocycles. The Morgan fingerprint density at radius 1 is 0.927 bits per heavy atom. The molecule has 2 N–H and O–H groups in total. The van der Waals surface area contributed by atoms with Crippen LogP contribution >= 0.6 is 0 Å². The van der Waals surface area contributed by atoms with Crippen molar-refractivity contribution in [2.24, 2.45) is 17.3 Å². The Balaban J connectivity index is 2.08. The highest BCUT2D eigenvalue weighted by atomic mass is 16.6. The third kappa shape index (κ3) is 5.12. The quantitative estimate of drug-likeness (QED) is 0.198. The second-order valence-electron chi connectivity index (χ2n) is 11.8. The molecule has 0 radical (unpaired) electrons. The van der Waals surface area contributed by atoms with Crippen LogP contribution < -0.4 is 0 Å². The van der Waals surface area contributed by atoms with Crippen molar-refractivity contribution < 1.29 is 62.6 Å². The summed E-state index contributed by atoms with van der Waals surface area (Å²) in [5.41, 5.74) is -4.72. The smallest absolute Gasteiger partial charge is 0.312 e. The fourth-order valence-corrected chi connectivity index (χ4v) is 7.20. The zero-order valence-corrected chi connectivity index (χ0v) is 24.2. The van der Waals surface area contributed by atoms with E-state index in [2.05, 4.69) is 0 Å². The molecular weight excluding hydrogens is 544 g/mol. The van der Waals surface area contributed by atoms with Crippen LogP contribution in [0.4, 0.5) is 0 Å². The Morgan fingerprint density at radius 2 is 1.46 bits per heavy atom. The van der Waals surface area contributed by atoms with Crippen LogP contribution in [0.15, 0.2) is 11.6 Å². The summed E-state index contributed by atoms with van der Waals surface area (Å²) in [6, 6.07) is 0. The summed E-state index contributed by atoms with van der Waals surface area (Å²) in [4.78, 5) is 62.7. The lowest BCUT2D eigenvalue weighted by atomic mass is 9.53. The van der Waals surface area contributed by atoms with E-state index < -0.39 is 102 Å². The van der Waals surface area contributed by atoms with Gasteiger partial charge < -0.3 is 38.6 Å². The number of epoxide rings is 1. The zero-order chi connectivity index (χ0) is 30.7. The van der Waals surface area contributed by atoms with Crippen molar-refractivity contribution in [1.82, 2.24) is 0 Å². The minimum absolute atomic E-state index is 0.0536. The van der Waals surface area contributed by atoms with E-state index in [-0.39, 0.29) is 18.4 Å². The number of hydrogen-bond acceptors (Lipinski definition) is 13. The van der Waals surface area contributed by atoms with Crippen molar-refractivity contribution in [1.29, 1.82) is 0 Å². The largest absolute Gasteiger partial charge is 0.462 e. The number of aliphatic hydroxyl groups excluding tert-OH is 1. The molecule has 2 saturated heterocycles. The summed E-state index contributed by atoms with van der Waals surface area (Å²) in [5, 5.41) is 22.8. The maximum absolute atomic E-state index is 13.0. The molecule has 228 valence electrons. The first-order chi connectivity index (χ1) is 19.0. The average molecular weight is 583 g/mol. The van der Waals surface area contributed by atoms with E-state index in [4.69, 9.17) is 28.4 Å². The molecule has 13 nitrogen and oxygen atoms in total. The summed E-state index contributed by atoms with van der Waals surface area (Å²) in [5.74, 6) is -5.92. The maximum Gasteiger partial charge on any atom is 0.312 e. The number of ether oxygens (including phenoxy) is 6. The average Bonchev–Trinajstić information content (AvgIpc) is 3.45. The number of aliphatic hydroxyl groups is 2. The second kappa shape index (κ2) is 10.7. The van der Waals surface area contributed by atoms with Gasteiger partial charge in [0, 0.05) is 46.5 Å². The molecule has 2 aliphatic heterocycles. The van der Waals surface area contributed by atoms with Crippen LogP contribution in [0.25, 0.3) is 0 Å². The van der Waals surface area contributed by atoms with Gasteiger partial charge in [-0.25, -0.2) is 0 Å². The van der Waals surface area contributed by atoms with E-state index in [9.17, 15) is 34.2 Å².